The lowest BCUT2D eigenvalue weighted by Crippen LogP contribution is -2.46. The number of carbonyl (C=O) groups is 1. The van der Waals surface area contributed by atoms with Gasteiger partial charge in [-0.3, -0.25) is 9.48 Å². The van der Waals surface area contributed by atoms with Gasteiger partial charge in [0.2, 0.25) is 0 Å². The predicted octanol–water partition coefficient (Wildman–Crippen LogP) is 3.07. The summed E-state index contributed by atoms with van der Waals surface area (Å²) >= 11 is 0. The number of aromatic nitrogens is 4. The smallest absolute Gasteiger partial charge is 0.257 e. The molecule has 1 amide bonds. The summed E-state index contributed by atoms with van der Waals surface area (Å²) in [5.74, 6) is 0.0709. The normalized spacial score (nSPS) is 17.4. The van der Waals surface area contributed by atoms with Gasteiger partial charge in [0.1, 0.15) is 0 Å². The Bertz CT molecular complexity index is 869. The maximum atomic E-state index is 13.2. The Kier molecular flexibility index (Phi) is 4.56. The van der Waals surface area contributed by atoms with Gasteiger partial charge < -0.3 is 4.90 Å². The topological polar surface area (TPSA) is 56.0 Å². The first-order valence-corrected chi connectivity index (χ1v) is 9.12. The van der Waals surface area contributed by atoms with E-state index in [0.29, 0.717) is 5.56 Å². The van der Waals surface area contributed by atoms with Gasteiger partial charge in [-0.25, -0.2) is 4.68 Å². The summed E-state index contributed by atoms with van der Waals surface area (Å²) in [5, 5.41) is 8.75. The van der Waals surface area contributed by atoms with Crippen LogP contribution in [0.1, 0.15) is 35.3 Å². The third-order valence-corrected chi connectivity index (χ3v) is 5.09. The number of amides is 1. The molecule has 3 heterocycles. The molecule has 1 aliphatic heterocycles. The molecule has 26 heavy (non-hydrogen) atoms. The molecule has 0 saturated carbocycles. The van der Waals surface area contributed by atoms with E-state index in [1.165, 1.54) is 0 Å². The zero-order valence-corrected chi connectivity index (χ0v) is 15.0. The van der Waals surface area contributed by atoms with E-state index in [1.807, 2.05) is 63.8 Å². The number of benzene rings is 1. The van der Waals surface area contributed by atoms with Crippen molar-refractivity contribution in [1.82, 2.24) is 24.5 Å². The Morgan fingerprint density at radius 2 is 2.00 bits per heavy atom. The van der Waals surface area contributed by atoms with Crippen LogP contribution < -0.4 is 0 Å². The largest absolute Gasteiger partial charge is 0.334 e. The van der Waals surface area contributed by atoms with Crippen molar-refractivity contribution in [2.75, 3.05) is 6.54 Å². The fraction of sp³-hybridized carbons (Fsp3) is 0.350. The zero-order valence-electron chi connectivity index (χ0n) is 15.0. The molecule has 0 N–H and O–H groups in total. The number of piperidine rings is 1. The summed E-state index contributed by atoms with van der Waals surface area (Å²) in [4.78, 5) is 15.3. The standard InChI is InChI=1S/C20H23N5O/c1-16-19(14-22-25(16)17-8-3-2-4-9-17)20(26)24-13-6-5-10-18(24)15-23-12-7-11-21-23/h2-4,7-9,11-12,14,18H,5-6,10,13,15H2,1H3/t18-/m1/s1. The van der Waals surface area contributed by atoms with Gasteiger partial charge in [-0.05, 0) is 44.4 Å². The van der Waals surface area contributed by atoms with Gasteiger partial charge in [0.05, 0.1) is 35.7 Å². The van der Waals surface area contributed by atoms with E-state index >= 15 is 0 Å². The van der Waals surface area contributed by atoms with E-state index in [-0.39, 0.29) is 11.9 Å². The first-order valence-electron chi connectivity index (χ1n) is 9.12. The number of para-hydroxylation sites is 1. The maximum Gasteiger partial charge on any atom is 0.257 e. The molecule has 0 aliphatic carbocycles. The second-order valence-electron chi connectivity index (χ2n) is 6.77. The van der Waals surface area contributed by atoms with Crippen LogP contribution in [0.15, 0.2) is 55.0 Å². The van der Waals surface area contributed by atoms with Crippen LogP contribution in [0.5, 0.6) is 0 Å². The minimum absolute atomic E-state index is 0.0709. The Hall–Kier alpha value is -2.89. The lowest BCUT2D eigenvalue weighted by Gasteiger charge is -2.35. The molecule has 0 bridgehead atoms. The van der Waals surface area contributed by atoms with Crippen molar-refractivity contribution in [3.8, 4) is 5.69 Å². The lowest BCUT2D eigenvalue weighted by atomic mass is 10.0. The van der Waals surface area contributed by atoms with Crippen molar-refractivity contribution in [3.05, 3.63) is 66.2 Å². The average Bonchev–Trinajstić information content (AvgIpc) is 3.32. The van der Waals surface area contributed by atoms with Crippen LogP contribution in [-0.4, -0.2) is 43.0 Å². The van der Waals surface area contributed by atoms with Crippen LogP contribution in [0.25, 0.3) is 5.69 Å². The quantitative estimate of drug-likeness (QED) is 0.727. The van der Waals surface area contributed by atoms with Gasteiger partial charge in [0, 0.05) is 18.9 Å². The highest BCUT2D eigenvalue weighted by Gasteiger charge is 2.30. The SMILES string of the molecule is Cc1c(C(=O)N2CCCC[C@@H]2Cn2cccn2)cnn1-c1ccccc1. The molecule has 0 spiro atoms. The van der Waals surface area contributed by atoms with E-state index in [0.717, 1.165) is 43.7 Å². The van der Waals surface area contributed by atoms with Crippen LogP contribution in [0, 0.1) is 6.92 Å². The van der Waals surface area contributed by atoms with Gasteiger partial charge in [-0.1, -0.05) is 18.2 Å². The van der Waals surface area contributed by atoms with Gasteiger partial charge >= 0.3 is 0 Å². The Balaban J connectivity index is 1.59. The highest BCUT2D eigenvalue weighted by atomic mass is 16.2. The highest BCUT2D eigenvalue weighted by molar-refractivity contribution is 5.95. The van der Waals surface area contributed by atoms with Crippen LogP contribution in [0.3, 0.4) is 0 Å². The molecule has 0 unspecified atom stereocenters. The zero-order chi connectivity index (χ0) is 17.9. The van der Waals surface area contributed by atoms with E-state index in [4.69, 9.17) is 0 Å². The molecule has 134 valence electrons. The highest BCUT2D eigenvalue weighted by Crippen LogP contribution is 2.23. The molecule has 6 heteroatoms. The Morgan fingerprint density at radius 3 is 2.77 bits per heavy atom. The Labute approximate surface area is 153 Å². The molecule has 0 radical (unpaired) electrons. The van der Waals surface area contributed by atoms with Crippen molar-refractivity contribution in [2.24, 2.45) is 0 Å². The van der Waals surface area contributed by atoms with E-state index in [1.54, 1.807) is 12.4 Å². The molecule has 1 aromatic carbocycles. The molecule has 2 aromatic heterocycles. The van der Waals surface area contributed by atoms with Gasteiger partial charge in [-0.2, -0.15) is 10.2 Å². The third kappa shape index (κ3) is 3.14. The predicted molar refractivity (Wildman–Crippen MR) is 99.2 cm³/mol. The fourth-order valence-electron chi connectivity index (χ4n) is 3.69. The lowest BCUT2D eigenvalue weighted by molar-refractivity contribution is 0.0583. The number of carbonyl (C=O) groups excluding carboxylic acids is 1. The van der Waals surface area contributed by atoms with Gasteiger partial charge in [0.15, 0.2) is 0 Å². The summed E-state index contributed by atoms with van der Waals surface area (Å²) in [6.45, 7) is 3.49. The number of nitrogens with zero attached hydrogens (tertiary/aromatic N) is 5. The molecular formula is C20H23N5O. The third-order valence-electron chi connectivity index (χ3n) is 5.09. The van der Waals surface area contributed by atoms with Crippen LogP contribution in [0.2, 0.25) is 0 Å². The van der Waals surface area contributed by atoms with Crippen molar-refractivity contribution in [1.29, 1.82) is 0 Å². The molecular weight excluding hydrogens is 326 g/mol. The first-order chi connectivity index (χ1) is 12.7. The summed E-state index contributed by atoms with van der Waals surface area (Å²) in [6, 6.07) is 12.0. The second kappa shape index (κ2) is 7.15. The Morgan fingerprint density at radius 1 is 1.15 bits per heavy atom. The van der Waals surface area contributed by atoms with Crippen molar-refractivity contribution in [3.63, 3.8) is 0 Å². The molecule has 1 fully saturated rings. The average molecular weight is 349 g/mol. The van der Waals surface area contributed by atoms with Crippen LogP contribution in [0.4, 0.5) is 0 Å². The first kappa shape index (κ1) is 16.6. The number of likely N-dealkylation sites (tertiary alicyclic amines) is 1. The number of rotatable bonds is 4. The molecule has 1 aliphatic rings. The van der Waals surface area contributed by atoms with Crippen LogP contribution in [-0.2, 0) is 6.54 Å². The molecule has 1 atom stereocenters. The summed E-state index contributed by atoms with van der Waals surface area (Å²) in [6.07, 6.45) is 8.64. The summed E-state index contributed by atoms with van der Waals surface area (Å²) in [5.41, 5.74) is 2.53. The van der Waals surface area contributed by atoms with E-state index < -0.39 is 0 Å². The van der Waals surface area contributed by atoms with Crippen molar-refractivity contribution >= 4 is 5.91 Å². The van der Waals surface area contributed by atoms with Crippen molar-refractivity contribution in [2.45, 2.75) is 38.8 Å². The number of hydrogen-bond acceptors (Lipinski definition) is 3. The fourth-order valence-corrected chi connectivity index (χ4v) is 3.69. The number of hydrogen-bond donors (Lipinski definition) is 0. The summed E-state index contributed by atoms with van der Waals surface area (Å²) < 4.78 is 3.75. The van der Waals surface area contributed by atoms with Gasteiger partial charge in [0.25, 0.3) is 5.91 Å². The van der Waals surface area contributed by atoms with Gasteiger partial charge in [-0.15, -0.1) is 0 Å². The monoisotopic (exact) mass is 349 g/mol. The second-order valence-corrected chi connectivity index (χ2v) is 6.77. The van der Waals surface area contributed by atoms with Crippen molar-refractivity contribution < 1.29 is 4.79 Å². The van der Waals surface area contributed by atoms with E-state index in [9.17, 15) is 4.79 Å². The minimum Gasteiger partial charge on any atom is -0.334 e. The van der Waals surface area contributed by atoms with E-state index in [2.05, 4.69) is 10.2 Å². The molecule has 6 nitrogen and oxygen atoms in total. The molecule has 3 aromatic rings. The maximum absolute atomic E-state index is 13.2. The van der Waals surface area contributed by atoms with Crippen LogP contribution >= 0.6 is 0 Å². The minimum atomic E-state index is 0.0709. The summed E-state index contributed by atoms with van der Waals surface area (Å²) in [7, 11) is 0. The molecule has 4 rings (SSSR count). The molecule has 1 saturated heterocycles.